The molecular weight excluding hydrogens is 172 g/mol. The van der Waals surface area contributed by atoms with Gasteiger partial charge in [0.1, 0.15) is 12.4 Å². The number of aliphatic hydroxyl groups excluding tert-OH is 1. The zero-order valence-electron chi connectivity index (χ0n) is 6.84. The lowest BCUT2D eigenvalue weighted by Gasteiger charge is -2.04. The molecule has 0 saturated carbocycles. The van der Waals surface area contributed by atoms with Gasteiger partial charge >= 0.3 is 0 Å². The summed E-state index contributed by atoms with van der Waals surface area (Å²) in [4.78, 5) is 10.1. The minimum atomic E-state index is -1.07. The quantitative estimate of drug-likeness (QED) is 0.461. The maximum Gasteiger partial charge on any atom is 0.157 e. The zero-order valence-corrected chi connectivity index (χ0v) is 6.84. The summed E-state index contributed by atoms with van der Waals surface area (Å²) in [7, 11) is 0. The predicted octanol–water partition coefficient (Wildman–Crippen LogP) is 0.200. The molecule has 1 rings (SSSR count). The van der Waals surface area contributed by atoms with Crippen LogP contribution in [0.1, 0.15) is 5.56 Å². The molecule has 1 atom stereocenters. The zero-order chi connectivity index (χ0) is 9.84. The largest absolute Gasteiger partial charge is 0.504 e. The number of carbonyl (C=O) groups excluding carboxylic acids is 1. The molecule has 0 fully saturated rings. The van der Waals surface area contributed by atoms with E-state index in [9.17, 15) is 4.79 Å². The van der Waals surface area contributed by atoms with Gasteiger partial charge in [-0.15, -0.1) is 0 Å². The summed E-state index contributed by atoms with van der Waals surface area (Å²) >= 11 is 0. The fourth-order valence-electron chi connectivity index (χ4n) is 0.986. The number of aliphatic hydroxyl groups is 1. The Morgan fingerprint density at radius 1 is 1.31 bits per heavy atom. The molecule has 3 N–H and O–H groups in total. The van der Waals surface area contributed by atoms with E-state index in [0.717, 1.165) is 0 Å². The van der Waals surface area contributed by atoms with E-state index in [4.69, 9.17) is 15.3 Å². The Labute approximate surface area is 75.1 Å². The van der Waals surface area contributed by atoms with Gasteiger partial charge in [0.2, 0.25) is 0 Å². The van der Waals surface area contributed by atoms with Gasteiger partial charge < -0.3 is 20.1 Å². The highest BCUT2D eigenvalue weighted by molar-refractivity contribution is 5.56. The van der Waals surface area contributed by atoms with E-state index in [1.165, 1.54) is 18.2 Å². The van der Waals surface area contributed by atoms with E-state index < -0.39 is 6.10 Å². The number of carbonyl (C=O) groups is 1. The van der Waals surface area contributed by atoms with E-state index in [1.54, 1.807) is 0 Å². The van der Waals surface area contributed by atoms with Crippen molar-refractivity contribution in [3.8, 4) is 11.5 Å². The summed E-state index contributed by atoms with van der Waals surface area (Å²) in [5.74, 6) is -0.472. The summed E-state index contributed by atoms with van der Waals surface area (Å²) in [5.41, 5.74) is 0.593. The number of aromatic hydroxyl groups is 2. The monoisotopic (exact) mass is 182 g/mol. The first-order valence-corrected chi connectivity index (χ1v) is 3.77. The molecule has 0 bridgehead atoms. The van der Waals surface area contributed by atoms with Crippen LogP contribution >= 0.6 is 0 Å². The molecule has 1 unspecified atom stereocenters. The first-order valence-electron chi connectivity index (χ1n) is 3.77. The lowest BCUT2D eigenvalue weighted by atomic mass is 10.1. The molecule has 0 aliphatic rings. The third-order valence-electron chi connectivity index (χ3n) is 1.64. The molecule has 4 heteroatoms. The maximum absolute atomic E-state index is 10.1. The summed E-state index contributed by atoms with van der Waals surface area (Å²) in [5, 5.41) is 27.0. The van der Waals surface area contributed by atoms with Crippen molar-refractivity contribution in [3.05, 3.63) is 23.8 Å². The third kappa shape index (κ3) is 2.45. The van der Waals surface area contributed by atoms with Crippen molar-refractivity contribution >= 4 is 6.29 Å². The summed E-state index contributed by atoms with van der Waals surface area (Å²) in [6.45, 7) is 0. The van der Waals surface area contributed by atoms with Crippen LogP contribution in [-0.4, -0.2) is 27.7 Å². The number of benzene rings is 1. The highest BCUT2D eigenvalue weighted by Crippen LogP contribution is 2.25. The van der Waals surface area contributed by atoms with Gasteiger partial charge in [-0.2, -0.15) is 0 Å². The number of phenolic OH excluding ortho intramolecular Hbond substituents is 2. The molecule has 70 valence electrons. The van der Waals surface area contributed by atoms with Crippen LogP contribution in [0.3, 0.4) is 0 Å². The van der Waals surface area contributed by atoms with Crippen molar-refractivity contribution < 1.29 is 20.1 Å². The number of phenols is 2. The standard InChI is InChI=1S/C9H10O4/c10-5-7(11)3-6-1-2-8(12)9(13)4-6/h1-2,4-5,7,11-13H,3H2. The Morgan fingerprint density at radius 3 is 2.54 bits per heavy atom. The lowest BCUT2D eigenvalue weighted by Crippen LogP contribution is -2.11. The van der Waals surface area contributed by atoms with Crippen LogP contribution in [0.5, 0.6) is 11.5 Å². The molecule has 0 heterocycles. The van der Waals surface area contributed by atoms with Gasteiger partial charge in [0.25, 0.3) is 0 Å². The molecule has 0 saturated heterocycles. The number of hydrogen-bond acceptors (Lipinski definition) is 4. The highest BCUT2D eigenvalue weighted by Gasteiger charge is 2.05. The minimum absolute atomic E-state index is 0.136. The van der Waals surface area contributed by atoms with E-state index in [1.807, 2.05) is 0 Å². The van der Waals surface area contributed by atoms with Crippen molar-refractivity contribution in [1.29, 1.82) is 0 Å². The first kappa shape index (κ1) is 9.54. The fourth-order valence-corrected chi connectivity index (χ4v) is 0.986. The van der Waals surface area contributed by atoms with E-state index in [2.05, 4.69) is 0 Å². The van der Waals surface area contributed by atoms with Crippen LogP contribution in [0.2, 0.25) is 0 Å². The van der Waals surface area contributed by atoms with Gasteiger partial charge in [-0.1, -0.05) is 6.07 Å². The second kappa shape index (κ2) is 3.91. The maximum atomic E-state index is 10.1. The number of hydrogen-bond donors (Lipinski definition) is 3. The normalized spacial score (nSPS) is 12.4. The average molecular weight is 182 g/mol. The molecule has 0 aliphatic carbocycles. The van der Waals surface area contributed by atoms with Gasteiger partial charge in [-0.3, -0.25) is 0 Å². The summed E-state index contributed by atoms with van der Waals surface area (Å²) in [6, 6.07) is 4.14. The average Bonchev–Trinajstić information content (AvgIpc) is 2.11. The van der Waals surface area contributed by atoms with Gasteiger partial charge in [-0.05, 0) is 17.7 Å². The SMILES string of the molecule is O=CC(O)Cc1ccc(O)c(O)c1. The molecule has 4 nitrogen and oxygen atoms in total. The van der Waals surface area contributed by atoms with Crippen LogP contribution in [0, 0.1) is 0 Å². The molecule has 13 heavy (non-hydrogen) atoms. The van der Waals surface area contributed by atoms with Crippen molar-refractivity contribution in [2.24, 2.45) is 0 Å². The van der Waals surface area contributed by atoms with Crippen molar-refractivity contribution in [2.75, 3.05) is 0 Å². The van der Waals surface area contributed by atoms with Gasteiger partial charge in [-0.25, -0.2) is 0 Å². The number of rotatable bonds is 3. The summed E-state index contributed by atoms with van der Waals surface area (Å²) < 4.78 is 0. The molecule has 0 aromatic heterocycles. The Morgan fingerprint density at radius 2 is 2.00 bits per heavy atom. The molecule has 0 spiro atoms. The molecule has 0 amide bonds. The molecular formula is C9H10O4. The topological polar surface area (TPSA) is 77.8 Å². The van der Waals surface area contributed by atoms with Crippen molar-refractivity contribution in [2.45, 2.75) is 12.5 Å². The van der Waals surface area contributed by atoms with E-state index in [-0.39, 0.29) is 17.9 Å². The number of aldehydes is 1. The Kier molecular flexibility index (Phi) is 2.87. The van der Waals surface area contributed by atoms with Gasteiger partial charge in [0.05, 0.1) is 0 Å². The van der Waals surface area contributed by atoms with Gasteiger partial charge in [0, 0.05) is 6.42 Å². The lowest BCUT2D eigenvalue weighted by molar-refractivity contribution is -0.114. The Balaban J connectivity index is 2.79. The third-order valence-corrected chi connectivity index (χ3v) is 1.64. The molecule has 0 aliphatic heterocycles. The van der Waals surface area contributed by atoms with Crippen LogP contribution in [0.15, 0.2) is 18.2 Å². The predicted molar refractivity (Wildman–Crippen MR) is 45.5 cm³/mol. The van der Waals surface area contributed by atoms with Crippen LogP contribution in [0.25, 0.3) is 0 Å². The van der Waals surface area contributed by atoms with E-state index in [0.29, 0.717) is 11.8 Å². The fraction of sp³-hybridized carbons (Fsp3) is 0.222. The Bertz CT molecular complexity index is 308. The highest BCUT2D eigenvalue weighted by atomic mass is 16.3. The molecule has 1 aromatic rings. The summed E-state index contributed by atoms with van der Waals surface area (Å²) in [6.07, 6.45) is -0.509. The minimum Gasteiger partial charge on any atom is -0.504 e. The molecule has 1 aromatic carbocycles. The second-order valence-electron chi connectivity index (χ2n) is 2.73. The van der Waals surface area contributed by atoms with Crippen molar-refractivity contribution in [3.63, 3.8) is 0 Å². The molecule has 0 radical (unpaired) electrons. The van der Waals surface area contributed by atoms with Crippen LogP contribution in [-0.2, 0) is 11.2 Å². The van der Waals surface area contributed by atoms with Crippen LogP contribution in [0.4, 0.5) is 0 Å². The Hall–Kier alpha value is -1.55. The van der Waals surface area contributed by atoms with E-state index >= 15 is 0 Å². The van der Waals surface area contributed by atoms with Crippen LogP contribution < -0.4 is 0 Å². The smallest absolute Gasteiger partial charge is 0.157 e. The second-order valence-corrected chi connectivity index (χ2v) is 2.73. The first-order chi connectivity index (χ1) is 6.13. The van der Waals surface area contributed by atoms with Crippen molar-refractivity contribution in [1.82, 2.24) is 0 Å². The van der Waals surface area contributed by atoms with Gasteiger partial charge in [0.15, 0.2) is 11.5 Å².